The second-order valence-corrected chi connectivity index (χ2v) is 9.08. The average Bonchev–Trinajstić information content (AvgIpc) is 3.11. The van der Waals surface area contributed by atoms with Crippen LogP contribution in [0.4, 0.5) is 5.69 Å². The van der Waals surface area contributed by atoms with Crippen molar-refractivity contribution >= 4 is 17.5 Å². The maximum atomic E-state index is 12.7. The minimum Gasteiger partial charge on any atom is -0.390 e. The number of hydrogen-bond acceptors (Lipinski definition) is 5. The molecule has 1 aliphatic heterocycles. The Balaban J connectivity index is 1.58. The monoisotopic (exact) mass is 452 g/mol. The van der Waals surface area contributed by atoms with Crippen molar-refractivity contribution in [2.24, 2.45) is 5.92 Å². The van der Waals surface area contributed by atoms with Gasteiger partial charge < -0.3 is 25.5 Å². The number of aliphatic hydroxyl groups excluding tert-OH is 1. The molecular weight excluding hydrogens is 416 g/mol. The van der Waals surface area contributed by atoms with Gasteiger partial charge in [-0.2, -0.15) is 0 Å². The molecule has 0 aromatic heterocycles. The molecule has 0 radical (unpaired) electrons. The fourth-order valence-electron chi connectivity index (χ4n) is 4.18. The van der Waals surface area contributed by atoms with E-state index in [2.05, 4.69) is 27.7 Å². The predicted molar refractivity (Wildman–Crippen MR) is 131 cm³/mol. The number of amides is 2. The van der Waals surface area contributed by atoms with E-state index >= 15 is 0 Å². The maximum absolute atomic E-state index is 12.7. The van der Waals surface area contributed by atoms with E-state index in [-0.39, 0.29) is 24.2 Å². The smallest absolute Gasteiger partial charge is 0.226 e. The zero-order valence-electron chi connectivity index (χ0n) is 19.8. The van der Waals surface area contributed by atoms with Gasteiger partial charge in [-0.15, -0.1) is 0 Å². The van der Waals surface area contributed by atoms with Gasteiger partial charge in [-0.3, -0.25) is 9.59 Å². The summed E-state index contributed by atoms with van der Waals surface area (Å²) in [6.45, 7) is 1.65. The van der Waals surface area contributed by atoms with Crippen LogP contribution in [0, 0.1) is 5.92 Å². The number of hydrogen-bond donors (Lipinski definition) is 3. The molecule has 2 aromatic rings. The summed E-state index contributed by atoms with van der Waals surface area (Å²) in [6.07, 6.45) is 0.603. The van der Waals surface area contributed by atoms with Crippen molar-refractivity contribution in [3.05, 3.63) is 65.7 Å². The first-order valence-electron chi connectivity index (χ1n) is 11.6. The third-order valence-corrected chi connectivity index (χ3v) is 6.19. The van der Waals surface area contributed by atoms with Gasteiger partial charge in [0.15, 0.2) is 0 Å². The lowest BCUT2D eigenvalue weighted by Gasteiger charge is -2.25. The van der Waals surface area contributed by atoms with Crippen LogP contribution in [0.2, 0.25) is 0 Å². The highest BCUT2D eigenvalue weighted by molar-refractivity contribution is 5.87. The van der Waals surface area contributed by atoms with Gasteiger partial charge in [0, 0.05) is 58.8 Å². The molecule has 3 N–H and O–H groups in total. The molecule has 1 unspecified atom stereocenters. The molecule has 7 nitrogen and oxygen atoms in total. The summed E-state index contributed by atoms with van der Waals surface area (Å²) in [5.74, 6) is -0.444. The number of likely N-dealkylation sites (tertiary alicyclic amines) is 1. The summed E-state index contributed by atoms with van der Waals surface area (Å²) in [5, 5.41) is 17.2. The van der Waals surface area contributed by atoms with E-state index in [1.165, 1.54) is 0 Å². The summed E-state index contributed by atoms with van der Waals surface area (Å²) >= 11 is 0. The van der Waals surface area contributed by atoms with Crippen LogP contribution in [-0.4, -0.2) is 68.2 Å². The molecule has 1 aliphatic rings. The first-order valence-corrected chi connectivity index (χ1v) is 11.6. The second kappa shape index (κ2) is 11.8. The molecule has 33 heavy (non-hydrogen) atoms. The van der Waals surface area contributed by atoms with Crippen LogP contribution < -0.4 is 15.5 Å². The van der Waals surface area contributed by atoms with Crippen LogP contribution in [0.25, 0.3) is 0 Å². The SMILES string of the molecule is CN1CC[C@H](CC(=O)N[C@@H](Cc2ccccc2)C(O)CNCc2cccc(N(C)C)c2)C1=O. The minimum atomic E-state index is -0.770. The Hall–Kier alpha value is -2.90. The van der Waals surface area contributed by atoms with Gasteiger partial charge in [-0.1, -0.05) is 42.5 Å². The lowest BCUT2D eigenvalue weighted by atomic mass is 9.99. The van der Waals surface area contributed by atoms with E-state index in [4.69, 9.17) is 0 Å². The van der Waals surface area contributed by atoms with E-state index < -0.39 is 12.1 Å². The molecule has 1 saturated heterocycles. The Labute approximate surface area is 196 Å². The van der Waals surface area contributed by atoms with Crippen LogP contribution in [0.1, 0.15) is 24.0 Å². The standard InChI is InChI=1S/C26H36N4O3/c1-29(2)22-11-7-10-20(14-22)17-27-18-24(31)23(15-19-8-5-4-6-9-19)28-25(32)16-21-12-13-30(3)26(21)33/h4-11,14,21,23-24,27,31H,12-13,15-18H2,1-3H3,(H,28,32)/t21-,23+,24?/m1/s1. The Morgan fingerprint density at radius 1 is 1.15 bits per heavy atom. The van der Waals surface area contributed by atoms with Crippen LogP contribution in [0.5, 0.6) is 0 Å². The number of benzene rings is 2. The van der Waals surface area contributed by atoms with E-state index in [9.17, 15) is 14.7 Å². The normalized spacial score (nSPS) is 17.6. The fraction of sp³-hybridized carbons (Fsp3) is 0.462. The highest BCUT2D eigenvalue weighted by Crippen LogP contribution is 2.20. The van der Waals surface area contributed by atoms with Crippen molar-refractivity contribution in [3.8, 4) is 0 Å². The quantitative estimate of drug-likeness (QED) is 0.484. The van der Waals surface area contributed by atoms with Gasteiger partial charge >= 0.3 is 0 Å². The van der Waals surface area contributed by atoms with Crippen LogP contribution in [0.3, 0.4) is 0 Å². The molecule has 178 valence electrons. The lowest BCUT2D eigenvalue weighted by molar-refractivity contribution is -0.133. The molecule has 7 heteroatoms. The number of nitrogens with one attached hydrogen (secondary N) is 2. The molecule has 0 saturated carbocycles. The van der Waals surface area contributed by atoms with Crippen molar-refractivity contribution in [1.29, 1.82) is 0 Å². The van der Waals surface area contributed by atoms with Gasteiger partial charge in [0.2, 0.25) is 11.8 Å². The van der Waals surface area contributed by atoms with Crippen LogP contribution in [-0.2, 0) is 22.6 Å². The Kier molecular flexibility index (Phi) is 8.86. The molecule has 0 aliphatic carbocycles. The fourth-order valence-corrected chi connectivity index (χ4v) is 4.18. The van der Waals surface area contributed by atoms with Gasteiger partial charge in [0.05, 0.1) is 12.1 Å². The lowest BCUT2D eigenvalue weighted by Crippen LogP contribution is -2.49. The van der Waals surface area contributed by atoms with Crippen LogP contribution >= 0.6 is 0 Å². The van der Waals surface area contributed by atoms with Gasteiger partial charge in [0.25, 0.3) is 0 Å². The number of anilines is 1. The molecule has 2 amide bonds. The van der Waals surface area contributed by atoms with Crippen molar-refractivity contribution < 1.29 is 14.7 Å². The van der Waals surface area contributed by atoms with Crippen molar-refractivity contribution in [2.75, 3.05) is 39.1 Å². The molecule has 3 rings (SSSR count). The third kappa shape index (κ3) is 7.30. The number of nitrogens with zero attached hydrogens (tertiary/aromatic N) is 2. The summed E-state index contributed by atoms with van der Waals surface area (Å²) in [7, 11) is 5.77. The van der Waals surface area contributed by atoms with Crippen molar-refractivity contribution in [1.82, 2.24) is 15.5 Å². The topological polar surface area (TPSA) is 84.9 Å². The zero-order valence-corrected chi connectivity index (χ0v) is 19.8. The third-order valence-electron chi connectivity index (χ3n) is 6.19. The Morgan fingerprint density at radius 2 is 1.88 bits per heavy atom. The zero-order chi connectivity index (χ0) is 23.8. The van der Waals surface area contributed by atoms with E-state index in [0.29, 0.717) is 32.5 Å². The average molecular weight is 453 g/mol. The van der Waals surface area contributed by atoms with Gasteiger partial charge in [-0.25, -0.2) is 0 Å². The largest absolute Gasteiger partial charge is 0.390 e. The first kappa shape index (κ1) is 24.7. The molecule has 1 heterocycles. The summed E-state index contributed by atoms with van der Waals surface area (Å²) in [5.41, 5.74) is 3.29. The highest BCUT2D eigenvalue weighted by Gasteiger charge is 2.32. The highest BCUT2D eigenvalue weighted by atomic mass is 16.3. The Bertz CT molecular complexity index is 919. The molecule has 1 fully saturated rings. The number of rotatable bonds is 11. The van der Waals surface area contributed by atoms with Crippen LogP contribution in [0.15, 0.2) is 54.6 Å². The summed E-state index contributed by atoms with van der Waals surface area (Å²) in [4.78, 5) is 28.6. The number of carbonyl (C=O) groups excluding carboxylic acids is 2. The van der Waals surface area contributed by atoms with Crippen molar-refractivity contribution in [2.45, 2.75) is 38.0 Å². The molecule has 2 aromatic carbocycles. The molecular formula is C26H36N4O3. The van der Waals surface area contributed by atoms with Gasteiger partial charge in [-0.05, 0) is 36.1 Å². The molecule has 3 atom stereocenters. The van der Waals surface area contributed by atoms with E-state index in [0.717, 1.165) is 16.8 Å². The Morgan fingerprint density at radius 3 is 2.55 bits per heavy atom. The van der Waals surface area contributed by atoms with Crippen molar-refractivity contribution in [3.63, 3.8) is 0 Å². The van der Waals surface area contributed by atoms with E-state index in [1.54, 1.807) is 11.9 Å². The maximum Gasteiger partial charge on any atom is 0.226 e. The summed E-state index contributed by atoms with van der Waals surface area (Å²) < 4.78 is 0. The molecule has 0 spiro atoms. The minimum absolute atomic E-state index is 0.0203. The van der Waals surface area contributed by atoms with Gasteiger partial charge in [0.1, 0.15) is 0 Å². The number of carbonyl (C=O) groups is 2. The van der Waals surface area contributed by atoms with E-state index in [1.807, 2.05) is 56.6 Å². The first-order chi connectivity index (χ1) is 15.8. The number of aliphatic hydroxyl groups is 1. The second-order valence-electron chi connectivity index (χ2n) is 9.08. The predicted octanol–water partition coefficient (Wildman–Crippen LogP) is 1.80. The molecule has 0 bridgehead atoms. The summed E-state index contributed by atoms with van der Waals surface area (Å²) in [6, 6.07) is 17.6.